The number of carbonyl (C=O) groups excluding carboxylic acids is 1. The summed E-state index contributed by atoms with van der Waals surface area (Å²) in [7, 11) is 3.54. The molecule has 1 aliphatic rings. The number of anilines is 1. The number of ether oxygens (including phenoxy) is 1. The first-order valence-corrected chi connectivity index (χ1v) is 8.53. The third-order valence-corrected chi connectivity index (χ3v) is 4.84. The molecule has 26 heavy (non-hydrogen) atoms. The average molecular weight is 351 g/mol. The standard InChI is InChI=1S/C19H21N5O2/c1-13-17(11-22(2)21-13)18-9-20-12-24(18)15-8-19(25)23(10-15)14-4-6-16(26-3)7-5-14/h4-7,9,11-12,15H,8,10H2,1-3H3. The summed E-state index contributed by atoms with van der Waals surface area (Å²) in [5.74, 6) is 0.892. The lowest BCUT2D eigenvalue weighted by molar-refractivity contribution is -0.117. The Morgan fingerprint density at radius 1 is 1.23 bits per heavy atom. The first kappa shape index (κ1) is 16.4. The molecular formula is C19H21N5O2. The molecule has 0 radical (unpaired) electrons. The SMILES string of the molecule is COc1ccc(N2CC(n3cncc3-c3cn(C)nc3C)CC2=O)cc1. The number of nitrogens with zero attached hydrogens (tertiary/aromatic N) is 5. The van der Waals surface area contributed by atoms with Gasteiger partial charge in [0.05, 0.1) is 37.1 Å². The summed E-state index contributed by atoms with van der Waals surface area (Å²) in [5, 5.41) is 4.41. The van der Waals surface area contributed by atoms with Gasteiger partial charge in [-0.3, -0.25) is 9.48 Å². The van der Waals surface area contributed by atoms with Crippen LogP contribution in [0.4, 0.5) is 5.69 Å². The Hall–Kier alpha value is -3.09. The number of amides is 1. The van der Waals surface area contributed by atoms with E-state index in [0.717, 1.165) is 28.4 Å². The van der Waals surface area contributed by atoms with Gasteiger partial charge in [0, 0.05) is 37.5 Å². The van der Waals surface area contributed by atoms with E-state index in [1.165, 1.54) is 0 Å². The molecule has 4 rings (SSSR count). The fraction of sp³-hybridized carbons (Fsp3) is 0.316. The van der Waals surface area contributed by atoms with Crippen LogP contribution in [-0.2, 0) is 11.8 Å². The Labute approximate surface area is 151 Å². The van der Waals surface area contributed by atoms with Gasteiger partial charge in [0.15, 0.2) is 0 Å². The highest BCUT2D eigenvalue weighted by atomic mass is 16.5. The second kappa shape index (κ2) is 6.33. The normalized spacial score (nSPS) is 17.1. The molecule has 1 aliphatic heterocycles. The molecule has 0 bridgehead atoms. The highest BCUT2D eigenvalue weighted by Crippen LogP contribution is 2.33. The Morgan fingerprint density at radius 2 is 2.00 bits per heavy atom. The molecule has 1 atom stereocenters. The van der Waals surface area contributed by atoms with Crippen molar-refractivity contribution in [3.63, 3.8) is 0 Å². The lowest BCUT2D eigenvalue weighted by atomic mass is 10.1. The Morgan fingerprint density at radius 3 is 2.65 bits per heavy atom. The molecule has 134 valence electrons. The van der Waals surface area contributed by atoms with Crippen molar-refractivity contribution in [2.24, 2.45) is 7.05 Å². The molecule has 7 heteroatoms. The lowest BCUT2D eigenvalue weighted by Gasteiger charge is -2.18. The van der Waals surface area contributed by atoms with Crippen LogP contribution in [0, 0.1) is 6.92 Å². The Balaban J connectivity index is 1.62. The molecule has 1 saturated heterocycles. The van der Waals surface area contributed by atoms with Crippen molar-refractivity contribution in [3.8, 4) is 17.0 Å². The van der Waals surface area contributed by atoms with Crippen molar-refractivity contribution < 1.29 is 9.53 Å². The zero-order chi connectivity index (χ0) is 18.3. The Bertz CT molecular complexity index is 941. The van der Waals surface area contributed by atoms with Gasteiger partial charge in [-0.05, 0) is 31.2 Å². The van der Waals surface area contributed by atoms with E-state index >= 15 is 0 Å². The maximum absolute atomic E-state index is 12.6. The number of imidazole rings is 1. The van der Waals surface area contributed by atoms with Crippen molar-refractivity contribution >= 4 is 11.6 Å². The average Bonchev–Trinajstić information content (AvgIpc) is 3.33. The molecule has 1 amide bonds. The minimum absolute atomic E-state index is 0.0432. The van der Waals surface area contributed by atoms with Gasteiger partial charge in [-0.15, -0.1) is 0 Å². The molecule has 1 aromatic carbocycles. The van der Waals surface area contributed by atoms with Gasteiger partial charge >= 0.3 is 0 Å². The monoisotopic (exact) mass is 351 g/mol. The van der Waals surface area contributed by atoms with E-state index in [4.69, 9.17) is 4.74 Å². The van der Waals surface area contributed by atoms with Crippen molar-refractivity contribution in [2.45, 2.75) is 19.4 Å². The van der Waals surface area contributed by atoms with E-state index in [1.807, 2.05) is 55.5 Å². The van der Waals surface area contributed by atoms with Gasteiger partial charge in [-0.25, -0.2) is 4.98 Å². The fourth-order valence-corrected chi connectivity index (χ4v) is 3.54. The molecule has 0 aliphatic carbocycles. The molecule has 3 aromatic rings. The molecule has 0 saturated carbocycles. The van der Waals surface area contributed by atoms with Crippen molar-refractivity contribution in [3.05, 3.63) is 48.7 Å². The summed E-state index contributed by atoms with van der Waals surface area (Å²) in [6.07, 6.45) is 6.08. The van der Waals surface area contributed by atoms with Crippen LogP contribution in [0.3, 0.4) is 0 Å². The molecule has 0 spiro atoms. The quantitative estimate of drug-likeness (QED) is 0.725. The van der Waals surface area contributed by atoms with E-state index in [1.54, 1.807) is 18.1 Å². The van der Waals surface area contributed by atoms with Crippen LogP contribution in [0.1, 0.15) is 18.2 Å². The summed E-state index contributed by atoms with van der Waals surface area (Å²) in [4.78, 5) is 18.7. The minimum atomic E-state index is 0.0432. The molecule has 1 unspecified atom stereocenters. The smallest absolute Gasteiger partial charge is 0.229 e. The zero-order valence-electron chi connectivity index (χ0n) is 15.1. The van der Waals surface area contributed by atoms with Gasteiger partial charge in [-0.2, -0.15) is 5.10 Å². The first-order chi connectivity index (χ1) is 12.6. The lowest BCUT2D eigenvalue weighted by Crippen LogP contribution is -2.24. The molecule has 0 N–H and O–H groups in total. The van der Waals surface area contributed by atoms with Gasteiger partial charge in [-0.1, -0.05) is 0 Å². The minimum Gasteiger partial charge on any atom is -0.497 e. The second-order valence-electron chi connectivity index (χ2n) is 6.55. The van der Waals surface area contributed by atoms with E-state index in [0.29, 0.717) is 13.0 Å². The number of aryl methyl sites for hydroxylation is 2. The molecule has 3 heterocycles. The zero-order valence-corrected chi connectivity index (χ0v) is 15.1. The largest absolute Gasteiger partial charge is 0.497 e. The summed E-state index contributed by atoms with van der Waals surface area (Å²) in [6, 6.07) is 7.62. The fourth-order valence-electron chi connectivity index (χ4n) is 3.54. The van der Waals surface area contributed by atoms with Crippen LogP contribution in [0.2, 0.25) is 0 Å². The number of benzene rings is 1. The molecule has 1 fully saturated rings. The second-order valence-corrected chi connectivity index (χ2v) is 6.55. The van der Waals surface area contributed by atoms with Crippen LogP contribution < -0.4 is 9.64 Å². The van der Waals surface area contributed by atoms with Crippen LogP contribution in [0.25, 0.3) is 11.3 Å². The van der Waals surface area contributed by atoms with E-state index in [9.17, 15) is 4.79 Å². The van der Waals surface area contributed by atoms with Crippen molar-refractivity contribution in [1.82, 2.24) is 19.3 Å². The van der Waals surface area contributed by atoms with E-state index in [2.05, 4.69) is 14.6 Å². The number of aromatic nitrogens is 4. The van der Waals surface area contributed by atoms with Gasteiger partial charge < -0.3 is 14.2 Å². The summed E-state index contributed by atoms with van der Waals surface area (Å²) in [6.45, 7) is 2.60. The molecule has 2 aromatic heterocycles. The third-order valence-electron chi connectivity index (χ3n) is 4.84. The summed E-state index contributed by atoms with van der Waals surface area (Å²) in [5.41, 5.74) is 3.87. The topological polar surface area (TPSA) is 65.2 Å². The predicted octanol–water partition coefficient (Wildman–Crippen LogP) is 2.58. The van der Waals surface area contributed by atoms with Crippen LogP contribution in [0.5, 0.6) is 5.75 Å². The van der Waals surface area contributed by atoms with Crippen LogP contribution >= 0.6 is 0 Å². The number of hydrogen-bond acceptors (Lipinski definition) is 4. The van der Waals surface area contributed by atoms with Crippen LogP contribution in [0.15, 0.2) is 43.0 Å². The predicted molar refractivity (Wildman–Crippen MR) is 98.2 cm³/mol. The number of methoxy groups -OCH3 is 1. The highest BCUT2D eigenvalue weighted by Gasteiger charge is 2.33. The van der Waals surface area contributed by atoms with Gasteiger partial charge in [0.1, 0.15) is 5.75 Å². The van der Waals surface area contributed by atoms with E-state index in [-0.39, 0.29) is 11.9 Å². The van der Waals surface area contributed by atoms with E-state index < -0.39 is 0 Å². The third kappa shape index (κ3) is 2.75. The number of carbonyl (C=O) groups is 1. The maximum atomic E-state index is 12.6. The number of rotatable bonds is 4. The Kier molecular flexibility index (Phi) is 3.99. The molecular weight excluding hydrogens is 330 g/mol. The van der Waals surface area contributed by atoms with Gasteiger partial charge in [0.2, 0.25) is 5.91 Å². The van der Waals surface area contributed by atoms with Crippen molar-refractivity contribution in [1.29, 1.82) is 0 Å². The summed E-state index contributed by atoms with van der Waals surface area (Å²) < 4.78 is 9.08. The first-order valence-electron chi connectivity index (χ1n) is 8.53. The van der Waals surface area contributed by atoms with Gasteiger partial charge in [0.25, 0.3) is 0 Å². The van der Waals surface area contributed by atoms with Crippen LogP contribution in [-0.4, -0.2) is 38.9 Å². The van der Waals surface area contributed by atoms with Crippen molar-refractivity contribution in [2.75, 3.05) is 18.6 Å². The molecule has 7 nitrogen and oxygen atoms in total. The summed E-state index contributed by atoms with van der Waals surface area (Å²) >= 11 is 0. The number of hydrogen-bond donors (Lipinski definition) is 0. The highest BCUT2D eigenvalue weighted by molar-refractivity contribution is 5.96. The maximum Gasteiger partial charge on any atom is 0.229 e.